The van der Waals surface area contributed by atoms with Gasteiger partial charge in [0.25, 0.3) is 0 Å². The van der Waals surface area contributed by atoms with Crippen molar-refractivity contribution >= 4 is 24.8 Å². The smallest absolute Gasteiger partial charge is 0.481 e. The number of ether oxygens (including phenoxy) is 1. The van der Waals surface area contributed by atoms with Gasteiger partial charge in [-0.1, -0.05) is 23.7 Å². The first kappa shape index (κ1) is 15.4. The summed E-state index contributed by atoms with van der Waals surface area (Å²) < 4.78 is 17.0. The van der Waals surface area contributed by atoms with Crippen LogP contribution in [0.25, 0.3) is 6.08 Å². The number of hydrogen-bond acceptors (Lipinski definition) is 4. The summed E-state index contributed by atoms with van der Waals surface area (Å²) in [6, 6.07) is 1.79. The Hall–Kier alpha value is -1.04. The topological polar surface area (TPSA) is 40.6 Å². The molecule has 0 amide bonds. The van der Waals surface area contributed by atoms with E-state index in [1.807, 2.05) is 39.7 Å². The van der Waals surface area contributed by atoms with E-state index in [1.54, 1.807) is 19.4 Å². The number of pyridine rings is 1. The standard InChI is InChI=1S/C14H19BClNO3/c1-13(2)14(3,4)20-15(19-13)7-6-10-8-11(16)9-17-12(10)18-5/h6-9H,1-5H3/b7-6+. The minimum absolute atomic E-state index is 0.349. The highest BCUT2D eigenvalue weighted by Gasteiger charge is 2.50. The lowest BCUT2D eigenvalue weighted by Gasteiger charge is -2.32. The van der Waals surface area contributed by atoms with E-state index in [0.717, 1.165) is 5.56 Å². The van der Waals surface area contributed by atoms with Crippen LogP contribution in [-0.4, -0.2) is 30.4 Å². The summed E-state index contributed by atoms with van der Waals surface area (Å²) in [5.74, 6) is 2.36. The van der Waals surface area contributed by atoms with E-state index < -0.39 is 7.12 Å². The Morgan fingerprint density at radius 3 is 2.40 bits per heavy atom. The molecule has 1 fully saturated rings. The fraction of sp³-hybridized carbons (Fsp3) is 0.500. The molecule has 0 aromatic carbocycles. The van der Waals surface area contributed by atoms with Crippen LogP contribution in [0.4, 0.5) is 0 Å². The molecule has 2 rings (SSSR count). The number of aromatic nitrogens is 1. The van der Waals surface area contributed by atoms with E-state index in [9.17, 15) is 0 Å². The number of nitrogens with zero attached hydrogens (tertiary/aromatic N) is 1. The fourth-order valence-electron chi connectivity index (χ4n) is 1.88. The molecule has 1 aliphatic heterocycles. The predicted molar refractivity (Wildman–Crippen MR) is 80.9 cm³/mol. The van der Waals surface area contributed by atoms with Gasteiger partial charge in [0.15, 0.2) is 0 Å². The van der Waals surface area contributed by atoms with Crippen LogP contribution in [0, 0.1) is 0 Å². The number of halogens is 1. The summed E-state index contributed by atoms with van der Waals surface area (Å²) in [5, 5.41) is 0.555. The van der Waals surface area contributed by atoms with Crippen molar-refractivity contribution in [2.75, 3.05) is 7.11 Å². The Bertz CT molecular complexity index is 515. The van der Waals surface area contributed by atoms with Gasteiger partial charge in [0.2, 0.25) is 5.88 Å². The van der Waals surface area contributed by atoms with Crippen molar-refractivity contribution in [2.24, 2.45) is 0 Å². The zero-order valence-electron chi connectivity index (χ0n) is 12.4. The van der Waals surface area contributed by atoms with E-state index >= 15 is 0 Å². The zero-order valence-corrected chi connectivity index (χ0v) is 13.2. The summed E-state index contributed by atoms with van der Waals surface area (Å²) >= 11 is 5.95. The first-order valence-corrected chi connectivity index (χ1v) is 6.86. The van der Waals surface area contributed by atoms with Crippen LogP contribution >= 0.6 is 11.6 Å². The first-order chi connectivity index (χ1) is 9.25. The third-order valence-electron chi connectivity index (χ3n) is 3.74. The lowest BCUT2D eigenvalue weighted by molar-refractivity contribution is 0.00578. The molecule has 2 heterocycles. The second-order valence-electron chi connectivity index (χ2n) is 5.74. The molecule has 4 nitrogen and oxygen atoms in total. The molecule has 1 aromatic heterocycles. The van der Waals surface area contributed by atoms with Crippen LogP contribution in [0.3, 0.4) is 0 Å². The van der Waals surface area contributed by atoms with Crippen molar-refractivity contribution in [3.63, 3.8) is 0 Å². The van der Waals surface area contributed by atoms with E-state index in [4.69, 9.17) is 25.6 Å². The second-order valence-corrected chi connectivity index (χ2v) is 6.17. The van der Waals surface area contributed by atoms with Crippen molar-refractivity contribution in [1.82, 2.24) is 4.98 Å². The Balaban J connectivity index is 2.17. The third kappa shape index (κ3) is 3.00. The van der Waals surface area contributed by atoms with Gasteiger partial charge in [0.05, 0.1) is 23.3 Å². The maximum absolute atomic E-state index is 5.95. The van der Waals surface area contributed by atoms with Gasteiger partial charge in [0.1, 0.15) is 0 Å². The molecule has 108 valence electrons. The Morgan fingerprint density at radius 1 is 1.25 bits per heavy atom. The normalized spacial score (nSPS) is 20.6. The largest absolute Gasteiger partial charge is 0.487 e. The van der Waals surface area contributed by atoms with Crippen molar-refractivity contribution in [3.8, 4) is 5.88 Å². The minimum atomic E-state index is -0.399. The Morgan fingerprint density at radius 2 is 1.85 bits per heavy atom. The highest BCUT2D eigenvalue weighted by Crippen LogP contribution is 2.37. The average Bonchev–Trinajstić information content (AvgIpc) is 2.55. The van der Waals surface area contributed by atoms with Crippen LogP contribution in [0.2, 0.25) is 5.02 Å². The van der Waals surface area contributed by atoms with Gasteiger partial charge in [-0.05, 0) is 33.8 Å². The number of rotatable bonds is 3. The molecule has 0 saturated carbocycles. The van der Waals surface area contributed by atoms with Gasteiger partial charge in [-0.3, -0.25) is 0 Å². The molecule has 0 aliphatic carbocycles. The van der Waals surface area contributed by atoms with Gasteiger partial charge < -0.3 is 14.0 Å². The van der Waals surface area contributed by atoms with Gasteiger partial charge in [-0.2, -0.15) is 0 Å². The molecular formula is C14H19BClNO3. The molecule has 1 aromatic rings. The summed E-state index contributed by atoms with van der Waals surface area (Å²) in [7, 11) is 1.17. The summed E-state index contributed by atoms with van der Waals surface area (Å²) in [4.78, 5) is 4.11. The molecular weight excluding hydrogens is 276 g/mol. The highest BCUT2D eigenvalue weighted by molar-refractivity contribution is 6.52. The monoisotopic (exact) mass is 295 g/mol. The van der Waals surface area contributed by atoms with Crippen LogP contribution < -0.4 is 4.74 Å². The molecule has 1 aliphatic rings. The summed E-state index contributed by atoms with van der Waals surface area (Å²) in [6.45, 7) is 8.06. The summed E-state index contributed by atoms with van der Waals surface area (Å²) in [6.07, 6.45) is 3.40. The highest BCUT2D eigenvalue weighted by atomic mass is 35.5. The van der Waals surface area contributed by atoms with Crippen molar-refractivity contribution in [1.29, 1.82) is 0 Å². The van der Waals surface area contributed by atoms with E-state index in [0.29, 0.717) is 10.9 Å². The molecule has 0 bridgehead atoms. The first-order valence-electron chi connectivity index (χ1n) is 6.48. The van der Waals surface area contributed by atoms with Crippen LogP contribution in [-0.2, 0) is 9.31 Å². The maximum Gasteiger partial charge on any atom is 0.487 e. The van der Waals surface area contributed by atoms with Gasteiger partial charge in [-0.15, -0.1) is 0 Å². The lowest BCUT2D eigenvalue weighted by Crippen LogP contribution is -2.41. The van der Waals surface area contributed by atoms with Gasteiger partial charge in [-0.25, -0.2) is 4.98 Å². The van der Waals surface area contributed by atoms with Gasteiger partial charge in [0, 0.05) is 11.8 Å². The van der Waals surface area contributed by atoms with Crippen molar-refractivity contribution < 1.29 is 14.0 Å². The molecule has 1 saturated heterocycles. The van der Waals surface area contributed by atoms with E-state index in [-0.39, 0.29) is 11.2 Å². The molecule has 0 radical (unpaired) electrons. The lowest BCUT2D eigenvalue weighted by atomic mass is 9.89. The SMILES string of the molecule is COc1ncc(Cl)cc1/C=C/B1OC(C)(C)C(C)(C)O1. The second kappa shape index (κ2) is 5.39. The third-order valence-corrected chi connectivity index (χ3v) is 3.95. The molecule has 20 heavy (non-hydrogen) atoms. The number of hydrogen-bond donors (Lipinski definition) is 0. The van der Waals surface area contributed by atoms with Crippen molar-refractivity contribution in [3.05, 3.63) is 28.8 Å². The van der Waals surface area contributed by atoms with Crippen LogP contribution in [0.1, 0.15) is 33.3 Å². The molecule has 0 atom stereocenters. The van der Waals surface area contributed by atoms with Crippen LogP contribution in [0.15, 0.2) is 18.2 Å². The molecule has 0 spiro atoms. The number of methoxy groups -OCH3 is 1. The molecule has 6 heteroatoms. The Kier molecular flexibility index (Phi) is 4.14. The van der Waals surface area contributed by atoms with Crippen LogP contribution in [0.5, 0.6) is 5.88 Å². The fourth-order valence-corrected chi connectivity index (χ4v) is 2.05. The summed E-state index contributed by atoms with van der Waals surface area (Å²) in [5.41, 5.74) is 0.0897. The quantitative estimate of drug-likeness (QED) is 0.802. The predicted octanol–water partition coefficient (Wildman–Crippen LogP) is 3.39. The van der Waals surface area contributed by atoms with E-state index in [1.165, 1.54) is 0 Å². The minimum Gasteiger partial charge on any atom is -0.481 e. The molecule has 0 N–H and O–H groups in total. The van der Waals surface area contributed by atoms with Crippen molar-refractivity contribution in [2.45, 2.75) is 38.9 Å². The molecule has 0 unspecified atom stereocenters. The maximum atomic E-state index is 5.95. The van der Waals surface area contributed by atoms with Gasteiger partial charge >= 0.3 is 7.12 Å². The zero-order chi connectivity index (χ0) is 15.0. The van der Waals surface area contributed by atoms with E-state index in [2.05, 4.69) is 4.98 Å². The Labute approximate surface area is 125 Å². The average molecular weight is 296 g/mol.